The Morgan fingerprint density at radius 1 is 0.958 bits per heavy atom. The lowest BCUT2D eigenvalue weighted by molar-refractivity contribution is 0.466. The van der Waals surface area contributed by atoms with Crippen LogP contribution in [-0.4, -0.2) is 13.0 Å². The van der Waals surface area contributed by atoms with Crippen molar-refractivity contribution in [3.8, 4) is 11.5 Å². The van der Waals surface area contributed by atoms with Crippen LogP contribution < -0.4 is 4.74 Å². The van der Waals surface area contributed by atoms with Crippen molar-refractivity contribution in [3.05, 3.63) is 54.1 Å². The van der Waals surface area contributed by atoms with Gasteiger partial charge in [-0.3, -0.25) is 4.55 Å². The molecule has 2 aromatic rings. The maximum Gasteiger partial charge on any atom is 0.294 e. The quantitative estimate of drug-likeness (QED) is 0.497. The van der Waals surface area contributed by atoms with Gasteiger partial charge in [0.25, 0.3) is 10.1 Å². The van der Waals surface area contributed by atoms with Crippen molar-refractivity contribution < 1.29 is 17.7 Å². The van der Waals surface area contributed by atoms with Crippen molar-refractivity contribution in [1.29, 1.82) is 0 Å². The lowest BCUT2D eigenvalue weighted by Crippen LogP contribution is -1.98. The number of para-hydroxylation sites is 1. The third-order valence-electron chi connectivity index (χ3n) is 3.85. The summed E-state index contributed by atoms with van der Waals surface area (Å²) in [5.41, 5.74) is 1.10. The van der Waals surface area contributed by atoms with Crippen molar-refractivity contribution in [2.45, 2.75) is 50.3 Å². The van der Waals surface area contributed by atoms with E-state index in [1.165, 1.54) is 37.8 Å². The monoisotopic (exact) mass is 348 g/mol. The summed E-state index contributed by atoms with van der Waals surface area (Å²) >= 11 is 0. The second-order valence-electron chi connectivity index (χ2n) is 5.82. The molecule has 0 saturated heterocycles. The number of hydrogen-bond acceptors (Lipinski definition) is 3. The number of benzene rings is 2. The molecule has 1 N–H and O–H groups in total. The average molecular weight is 348 g/mol. The van der Waals surface area contributed by atoms with Crippen molar-refractivity contribution in [2.75, 3.05) is 0 Å². The van der Waals surface area contributed by atoms with Crippen molar-refractivity contribution in [1.82, 2.24) is 0 Å². The Morgan fingerprint density at radius 2 is 1.71 bits per heavy atom. The molecule has 0 aliphatic rings. The third-order valence-corrected chi connectivity index (χ3v) is 4.70. The van der Waals surface area contributed by atoms with Gasteiger partial charge >= 0.3 is 0 Å². The first-order chi connectivity index (χ1) is 11.5. The van der Waals surface area contributed by atoms with Crippen molar-refractivity contribution >= 4 is 10.1 Å². The Labute approximate surface area is 144 Å². The molecular formula is C19H24O4S. The van der Waals surface area contributed by atoms with E-state index >= 15 is 0 Å². The molecule has 0 aliphatic carbocycles. The van der Waals surface area contributed by atoms with Gasteiger partial charge in [0.05, 0.1) is 4.90 Å². The van der Waals surface area contributed by atoms with Gasteiger partial charge in [-0.1, -0.05) is 56.9 Å². The third kappa shape index (κ3) is 5.65. The van der Waals surface area contributed by atoms with Crippen LogP contribution in [-0.2, 0) is 16.5 Å². The summed E-state index contributed by atoms with van der Waals surface area (Å²) in [6, 6.07) is 13.7. The standard InChI is InChI=1S/C19H24O4S/c1-2-3-4-5-6-10-16-11-7-8-14-19(16)23-17-12-9-13-18(15-17)24(20,21)22/h7-9,11-15H,2-6,10H2,1H3,(H,20,21,22). The van der Waals surface area contributed by atoms with Crippen LogP contribution in [0.3, 0.4) is 0 Å². The van der Waals surface area contributed by atoms with E-state index in [-0.39, 0.29) is 4.90 Å². The van der Waals surface area contributed by atoms with Crippen LogP contribution in [0, 0.1) is 0 Å². The second-order valence-corrected chi connectivity index (χ2v) is 7.25. The molecule has 0 spiro atoms. The Balaban J connectivity index is 2.07. The van der Waals surface area contributed by atoms with Gasteiger partial charge in [-0.25, -0.2) is 0 Å². The van der Waals surface area contributed by atoms with Crippen LogP contribution in [0.25, 0.3) is 0 Å². The van der Waals surface area contributed by atoms with Crippen molar-refractivity contribution in [2.24, 2.45) is 0 Å². The van der Waals surface area contributed by atoms with Crippen LogP contribution in [0.15, 0.2) is 53.4 Å². The van der Waals surface area contributed by atoms with E-state index in [0.717, 1.165) is 24.2 Å². The van der Waals surface area contributed by atoms with Gasteiger partial charge in [-0.05, 0) is 36.6 Å². The predicted molar refractivity (Wildman–Crippen MR) is 95.2 cm³/mol. The minimum Gasteiger partial charge on any atom is -0.457 e. The highest BCUT2D eigenvalue weighted by molar-refractivity contribution is 7.85. The molecule has 0 aliphatic heterocycles. The lowest BCUT2D eigenvalue weighted by atomic mass is 10.0. The largest absolute Gasteiger partial charge is 0.457 e. The van der Waals surface area contributed by atoms with E-state index in [1.807, 2.05) is 24.3 Å². The topological polar surface area (TPSA) is 63.6 Å². The summed E-state index contributed by atoms with van der Waals surface area (Å²) in [5.74, 6) is 1.11. The molecule has 0 bridgehead atoms. The first-order valence-corrected chi connectivity index (χ1v) is 9.78. The van der Waals surface area contributed by atoms with E-state index < -0.39 is 10.1 Å². The van der Waals surface area contributed by atoms with E-state index in [0.29, 0.717) is 5.75 Å². The zero-order valence-electron chi connectivity index (χ0n) is 13.9. The maximum absolute atomic E-state index is 11.2. The fourth-order valence-electron chi connectivity index (χ4n) is 2.55. The second kappa shape index (κ2) is 8.85. The molecule has 4 nitrogen and oxygen atoms in total. The summed E-state index contributed by atoms with van der Waals surface area (Å²) in [6.45, 7) is 2.20. The average Bonchev–Trinajstić information content (AvgIpc) is 2.56. The number of hydrogen-bond donors (Lipinski definition) is 1. The van der Waals surface area contributed by atoms with E-state index in [9.17, 15) is 8.42 Å². The lowest BCUT2D eigenvalue weighted by Gasteiger charge is -2.11. The summed E-state index contributed by atoms with van der Waals surface area (Å²) in [4.78, 5) is -0.169. The highest BCUT2D eigenvalue weighted by Crippen LogP contribution is 2.28. The van der Waals surface area contributed by atoms with Crippen LogP contribution >= 0.6 is 0 Å². The Bertz CT molecular complexity index is 753. The molecule has 0 heterocycles. The number of unbranched alkanes of at least 4 members (excludes halogenated alkanes) is 4. The Kier molecular flexibility index (Phi) is 6.82. The molecule has 0 saturated carbocycles. The highest BCUT2D eigenvalue weighted by Gasteiger charge is 2.11. The normalized spacial score (nSPS) is 11.4. The first-order valence-electron chi connectivity index (χ1n) is 8.34. The molecule has 0 unspecified atom stereocenters. The number of rotatable bonds is 9. The molecule has 0 atom stereocenters. The van der Waals surface area contributed by atoms with Crippen molar-refractivity contribution in [3.63, 3.8) is 0 Å². The minimum absolute atomic E-state index is 0.169. The maximum atomic E-state index is 11.2. The molecular weight excluding hydrogens is 324 g/mol. The van der Waals surface area contributed by atoms with Gasteiger partial charge in [0.1, 0.15) is 11.5 Å². The van der Waals surface area contributed by atoms with Gasteiger partial charge in [-0.2, -0.15) is 8.42 Å². The SMILES string of the molecule is CCCCCCCc1ccccc1Oc1cccc(S(=O)(=O)O)c1. The molecule has 0 amide bonds. The summed E-state index contributed by atoms with van der Waals surface area (Å²) in [5, 5.41) is 0. The minimum atomic E-state index is -4.23. The zero-order valence-corrected chi connectivity index (χ0v) is 14.8. The van der Waals surface area contributed by atoms with Gasteiger partial charge in [0.15, 0.2) is 0 Å². The summed E-state index contributed by atoms with van der Waals surface area (Å²) in [7, 11) is -4.23. The molecule has 0 fully saturated rings. The molecule has 0 radical (unpaired) electrons. The fraction of sp³-hybridized carbons (Fsp3) is 0.368. The Hall–Kier alpha value is -1.85. The van der Waals surface area contributed by atoms with Crippen LogP contribution in [0.1, 0.15) is 44.6 Å². The Morgan fingerprint density at radius 3 is 2.46 bits per heavy atom. The summed E-state index contributed by atoms with van der Waals surface area (Å²) in [6.07, 6.45) is 6.96. The predicted octanol–water partition coefficient (Wildman–Crippen LogP) is 5.24. The molecule has 24 heavy (non-hydrogen) atoms. The van der Waals surface area contributed by atoms with Crippen LogP contribution in [0.4, 0.5) is 0 Å². The molecule has 130 valence electrons. The number of ether oxygens (including phenoxy) is 1. The van der Waals surface area contributed by atoms with Crippen LogP contribution in [0.2, 0.25) is 0 Å². The van der Waals surface area contributed by atoms with E-state index in [4.69, 9.17) is 9.29 Å². The highest BCUT2D eigenvalue weighted by atomic mass is 32.2. The molecule has 5 heteroatoms. The molecule has 2 rings (SSSR count). The first kappa shape index (κ1) is 18.5. The molecule has 0 aromatic heterocycles. The molecule has 2 aromatic carbocycles. The van der Waals surface area contributed by atoms with Gasteiger partial charge in [0, 0.05) is 6.07 Å². The van der Waals surface area contributed by atoms with Gasteiger partial charge < -0.3 is 4.74 Å². The van der Waals surface area contributed by atoms with Gasteiger partial charge in [-0.15, -0.1) is 0 Å². The fourth-order valence-corrected chi connectivity index (χ4v) is 3.07. The van der Waals surface area contributed by atoms with Gasteiger partial charge in [0.2, 0.25) is 0 Å². The van der Waals surface area contributed by atoms with E-state index in [1.54, 1.807) is 12.1 Å². The number of aryl methyl sites for hydroxylation is 1. The zero-order chi connectivity index (χ0) is 17.4. The smallest absolute Gasteiger partial charge is 0.294 e. The van der Waals surface area contributed by atoms with E-state index in [2.05, 4.69) is 6.92 Å². The van der Waals surface area contributed by atoms with Crippen LogP contribution in [0.5, 0.6) is 11.5 Å². The summed E-state index contributed by atoms with van der Waals surface area (Å²) < 4.78 is 37.4.